The molecule has 0 atom stereocenters. The van der Waals surface area contributed by atoms with Gasteiger partial charge < -0.3 is 4.79 Å². The zero-order valence-electron chi connectivity index (χ0n) is 8.94. The lowest BCUT2D eigenvalue weighted by Gasteiger charge is -2.10. The first-order valence-corrected chi connectivity index (χ1v) is 4.94. The molecule has 7 heteroatoms. The van der Waals surface area contributed by atoms with E-state index in [1.165, 1.54) is 6.07 Å². The molecule has 1 heterocycles. The van der Waals surface area contributed by atoms with Crippen LogP contribution in [0.15, 0.2) is 29.3 Å². The second-order valence-electron chi connectivity index (χ2n) is 3.57. The second-order valence-corrected chi connectivity index (χ2v) is 3.57. The van der Waals surface area contributed by atoms with Crippen molar-refractivity contribution >= 4 is 17.2 Å². The Morgan fingerprint density at radius 2 is 2.06 bits per heavy atom. The van der Waals surface area contributed by atoms with Gasteiger partial charge in [0.25, 0.3) is 5.56 Å². The number of benzene rings is 1. The van der Waals surface area contributed by atoms with Gasteiger partial charge in [-0.15, -0.1) is 0 Å². The quantitative estimate of drug-likeness (QED) is 0.767. The number of aromatic nitrogens is 2. The number of para-hydroxylation sites is 1. The molecule has 1 aromatic heterocycles. The Bertz CT molecular complexity index is 661. The van der Waals surface area contributed by atoms with E-state index in [0.29, 0.717) is 6.29 Å². The molecule has 0 radical (unpaired) electrons. The highest BCUT2D eigenvalue weighted by Crippen LogP contribution is 2.32. The predicted octanol–water partition coefficient (Wildman–Crippen LogP) is 1.61. The molecule has 0 unspecified atom stereocenters. The first-order chi connectivity index (χ1) is 8.45. The number of hydrogen-bond donors (Lipinski definition) is 0. The largest absolute Gasteiger partial charge is 0.418 e. The molecule has 0 N–H and O–H groups in total. The summed E-state index contributed by atoms with van der Waals surface area (Å²) in [5.41, 5.74) is -2.04. The third kappa shape index (κ3) is 1.99. The van der Waals surface area contributed by atoms with Crippen molar-refractivity contribution in [3.63, 3.8) is 0 Å². The minimum atomic E-state index is -4.57. The summed E-state index contributed by atoms with van der Waals surface area (Å²) in [6.45, 7) is -0.238. The molecule has 94 valence electrons. The number of carbonyl (C=O) groups excluding carboxylic acids is 1. The summed E-state index contributed by atoms with van der Waals surface area (Å²) >= 11 is 0. The fourth-order valence-corrected chi connectivity index (χ4v) is 1.63. The number of hydrogen-bond acceptors (Lipinski definition) is 3. The molecule has 18 heavy (non-hydrogen) atoms. The van der Waals surface area contributed by atoms with Crippen LogP contribution in [0.1, 0.15) is 5.56 Å². The molecular weight excluding hydrogens is 249 g/mol. The summed E-state index contributed by atoms with van der Waals surface area (Å²) in [4.78, 5) is 25.7. The molecule has 0 saturated carbocycles. The SMILES string of the molecule is O=CCn1cnc2c(C(F)(F)F)cccc2c1=O. The van der Waals surface area contributed by atoms with Crippen LogP contribution in [0.25, 0.3) is 10.9 Å². The van der Waals surface area contributed by atoms with Crippen LogP contribution in [0, 0.1) is 0 Å². The summed E-state index contributed by atoms with van der Waals surface area (Å²) in [5.74, 6) is 0. The predicted molar refractivity (Wildman–Crippen MR) is 57.1 cm³/mol. The third-order valence-corrected chi connectivity index (χ3v) is 2.43. The lowest BCUT2D eigenvalue weighted by Crippen LogP contribution is -2.22. The maximum absolute atomic E-state index is 12.7. The molecule has 1 aromatic carbocycles. The van der Waals surface area contributed by atoms with E-state index in [-0.39, 0.29) is 11.9 Å². The highest BCUT2D eigenvalue weighted by molar-refractivity contribution is 5.81. The lowest BCUT2D eigenvalue weighted by atomic mass is 10.1. The number of carbonyl (C=O) groups is 1. The number of alkyl halides is 3. The summed E-state index contributed by atoms with van der Waals surface area (Å²) in [6, 6.07) is 3.25. The normalized spacial score (nSPS) is 11.7. The smallest absolute Gasteiger partial charge is 0.301 e. The van der Waals surface area contributed by atoms with Crippen molar-refractivity contribution in [2.75, 3.05) is 0 Å². The van der Waals surface area contributed by atoms with Gasteiger partial charge in [0.05, 0.1) is 29.3 Å². The van der Waals surface area contributed by atoms with Crippen LogP contribution in [0.5, 0.6) is 0 Å². The summed E-state index contributed by atoms with van der Waals surface area (Å²) in [6.07, 6.45) is -3.16. The van der Waals surface area contributed by atoms with Crippen LogP contribution >= 0.6 is 0 Å². The van der Waals surface area contributed by atoms with Gasteiger partial charge in [-0.2, -0.15) is 13.2 Å². The Balaban J connectivity index is 2.79. The molecule has 0 aliphatic carbocycles. The van der Waals surface area contributed by atoms with Crippen LogP contribution < -0.4 is 5.56 Å². The fourth-order valence-electron chi connectivity index (χ4n) is 1.63. The molecule has 0 fully saturated rings. The van der Waals surface area contributed by atoms with E-state index >= 15 is 0 Å². The number of aldehydes is 1. The van der Waals surface area contributed by atoms with Gasteiger partial charge in [-0.25, -0.2) is 4.98 Å². The highest BCUT2D eigenvalue weighted by Gasteiger charge is 2.33. The van der Waals surface area contributed by atoms with Crippen LogP contribution in [-0.2, 0) is 17.5 Å². The van der Waals surface area contributed by atoms with Gasteiger partial charge in [-0.3, -0.25) is 9.36 Å². The first kappa shape index (κ1) is 12.3. The van der Waals surface area contributed by atoms with Crippen LogP contribution in [0.3, 0.4) is 0 Å². The molecule has 4 nitrogen and oxygen atoms in total. The van der Waals surface area contributed by atoms with Crippen molar-refractivity contribution in [1.82, 2.24) is 9.55 Å². The molecule has 0 spiro atoms. The maximum atomic E-state index is 12.7. The zero-order chi connectivity index (χ0) is 13.3. The van der Waals surface area contributed by atoms with Crippen molar-refractivity contribution < 1.29 is 18.0 Å². The molecule has 0 saturated heterocycles. The van der Waals surface area contributed by atoms with Gasteiger partial charge in [0.15, 0.2) is 0 Å². The highest BCUT2D eigenvalue weighted by atomic mass is 19.4. The van der Waals surface area contributed by atoms with E-state index in [2.05, 4.69) is 4.98 Å². The number of rotatable bonds is 2. The molecule has 0 aliphatic heterocycles. The van der Waals surface area contributed by atoms with Crippen molar-refractivity contribution in [2.24, 2.45) is 0 Å². The monoisotopic (exact) mass is 256 g/mol. The van der Waals surface area contributed by atoms with Crippen molar-refractivity contribution in [3.8, 4) is 0 Å². The number of fused-ring (bicyclic) bond motifs is 1. The zero-order valence-corrected chi connectivity index (χ0v) is 8.94. The Morgan fingerprint density at radius 1 is 1.33 bits per heavy atom. The maximum Gasteiger partial charge on any atom is 0.418 e. The molecular formula is C11H7F3N2O2. The van der Waals surface area contributed by atoms with Crippen LogP contribution in [0.4, 0.5) is 13.2 Å². The molecule has 2 aromatic rings. The summed E-state index contributed by atoms with van der Waals surface area (Å²) in [7, 11) is 0. The van der Waals surface area contributed by atoms with Crippen LogP contribution in [-0.4, -0.2) is 15.8 Å². The van der Waals surface area contributed by atoms with Gasteiger partial charge in [-0.1, -0.05) is 6.07 Å². The van der Waals surface area contributed by atoms with Gasteiger partial charge in [0.2, 0.25) is 0 Å². The standard InChI is InChI=1S/C11H7F3N2O2/c12-11(13,14)8-3-1-2-7-9(8)15-6-16(4-5-17)10(7)18/h1-3,5-6H,4H2. The Labute approximate surface area is 98.7 Å². The van der Waals surface area contributed by atoms with Crippen molar-refractivity contribution in [1.29, 1.82) is 0 Å². The molecule has 0 bridgehead atoms. The van der Waals surface area contributed by atoms with Gasteiger partial charge in [0, 0.05) is 0 Å². The Kier molecular flexibility index (Phi) is 2.90. The fraction of sp³-hybridized carbons (Fsp3) is 0.182. The third-order valence-electron chi connectivity index (χ3n) is 2.43. The summed E-state index contributed by atoms with van der Waals surface area (Å²) in [5, 5.41) is -0.158. The van der Waals surface area contributed by atoms with Crippen LogP contribution in [0.2, 0.25) is 0 Å². The number of halogens is 3. The molecule has 2 rings (SSSR count). The minimum absolute atomic E-state index is 0.158. The second kappa shape index (κ2) is 4.25. The first-order valence-electron chi connectivity index (χ1n) is 4.94. The Morgan fingerprint density at radius 3 is 2.67 bits per heavy atom. The van der Waals surface area contributed by atoms with E-state index in [4.69, 9.17) is 0 Å². The van der Waals surface area contributed by atoms with E-state index in [9.17, 15) is 22.8 Å². The summed E-state index contributed by atoms with van der Waals surface area (Å²) < 4.78 is 39.0. The van der Waals surface area contributed by atoms with Gasteiger partial charge >= 0.3 is 6.18 Å². The minimum Gasteiger partial charge on any atom is -0.301 e. The number of nitrogens with zero attached hydrogens (tertiary/aromatic N) is 2. The van der Waals surface area contributed by atoms with Crippen molar-refractivity contribution in [2.45, 2.75) is 12.7 Å². The lowest BCUT2D eigenvalue weighted by molar-refractivity contribution is -0.136. The Hall–Kier alpha value is -2.18. The average Bonchev–Trinajstić information content (AvgIpc) is 2.31. The van der Waals surface area contributed by atoms with Crippen molar-refractivity contribution in [3.05, 3.63) is 40.4 Å². The van der Waals surface area contributed by atoms with Gasteiger partial charge in [-0.05, 0) is 12.1 Å². The van der Waals surface area contributed by atoms with E-state index in [1.807, 2.05) is 0 Å². The van der Waals surface area contributed by atoms with E-state index in [1.54, 1.807) is 0 Å². The molecule has 0 amide bonds. The van der Waals surface area contributed by atoms with E-state index < -0.39 is 22.8 Å². The average molecular weight is 256 g/mol. The van der Waals surface area contributed by atoms with E-state index in [0.717, 1.165) is 23.0 Å². The molecule has 0 aliphatic rings. The van der Waals surface area contributed by atoms with Gasteiger partial charge in [0.1, 0.15) is 6.29 Å². The topological polar surface area (TPSA) is 52.0 Å².